The molecule has 3 aromatic heterocycles. The Balaban J connectivity index is 1.15. The molecule has 1 aliphatic carbocycles. The highest BCUT2D eigenvalue weighted by Crippen LogP contribution is 2.50. The summed E-state index contributed by atoms with van der Waals surface area (Å²) in [5.41, 5.74) is 14.5. The topological polar surface area (TPSA) is 31.2 Å². The van der Waals surface area contributed by atoms with E-state index < -0.39 is 0 Å². The van der Waals surface area contributed by atoms with E-state index in [4.69, 9.17) is 8.83 Å². The molecule has 0 atom stereocenters. The summed E-state index contributed by atoms with van der Waals surface area (Å²) in [5, 5.41) is 9.20. The van der Waals surface area contributed by atoms with Crippen LogP contribution in [0.4, 0.5) is 0 Å². The van der Waals surface area contributed by atoms with E-state index in [1.54, 1.807) is 0 Å². The van der Waals surface area contributed by atoms with Crippen molar-refractivity contribution in [2.75, 3.05) is 0 Å². The summed E-state index contributed by atoms with van der Waals surface area (Å²) in [6, 6.07) is 54.5. The molecular weight excluding hydrogens is 599 g/mol. The number of para-hydroxylation sites is 3. The van der Waals surface area contributed by atoms with Gasteiger partial charge in [-0.15, -0.1) is 0 Å². The third-order valence-corrected chi connectivity index (χ3v) is 10.7. The van der Waals surface area contributed by atoms with Crippen LogP contribution in [0.1, 0.15) is 0 Å². The van der Waals surface area contributed by atoms with Crippen LogP contribution in [0.2, 0.25) is 0 Å². The van der Waals surface area contributed by atoms with Gasteiger partial charge in [0.2, 0.25) is 0 Å². The van der Waals surface area contributed by atoms with Crippen LogP contribution in [-0.4, -0.2) is 4.57 Å². The summed E-state index contributed by atoms with van der Waals surface area (Å²) >= 11 is 0. The minimum absolute atomic E-state index is 0.862. The maximum absolute atomic E-state index is 6.72. The molecule has 0 fully saturated rings. The second-order valence-electron chi connectivity index (χ2n) is 13.2. The molecule has 1 aliphatic rings. The first-order valence-electron chi connectivity index (χ1n) is 16.8. The first-order chi connectivity index (χ1) is 24.3. The van der Waals surface area contributed by atoms with Crippen LogP contribution < -0.4 is 0 Å². The van der Waals surface area contributed by atoms with E-state index in [0.717, 1.165) is 71.4 Å². The van der Waals surface area contributed by atoms with E-state index in [1.807, 2.05) is 18.2 Å². The SMILES string of the molecule is c1ccc2c(c1)-c1cccc3c(-c4ccc(-n5c6ccccc6c6c7oc8ccccc8c7c7oc8ccccc8c7c65)cc4)ccc-2c13. The lowest BCUT2D eigenvalue weighted by Crippen LogP contribution is -1.94. The zero-order valence-corrected chi connectivity index (χ0v) is 26.2. The number of hydrogen-bond acceptors (Lipinski definition) is 2. The smallest absolute Gasteiger partial charge is 0.149 e. The predicted molar refractivity (Wildman–Crippen MR) is 203 cm³/mol. The summed E-state index contributed by atoms with van der Waals surface area (Å²) in [7, 11) is 0. The van der Waals surface area contributed by atoms with Crippen LogP contribution in [0, 0.1) is 0 Å². The highest BCUT2D eigenvalue weighted by Gasteiger charge is 2.27. The van der Waals surface area contributed by atoms with Gasteiger partial charge >= 0.3 is 0 Å². The second kappa shape index (κ2) is 9.06. The fraction of sp³-hybridized carbons (Fsp3) is 0. The van der Waals surface area contributed by atoms with Crippen molar-refractivity contribution in [3.05, 3.63) is 152 Å². The largest absolute Gasteiger partial charge is 0.455 e. The summed E-state index contributed by atoms with van der Waals surface area (Å²) < 4.78 is 15.8. The Hall–Kier alpha value is -6.58. The number of aromatic nitrogens is 1. The lowest BCUT2D eigenvalue weighted by molar-refractivity contribution is 0.665. The van der Waals surface area contributed by atoms with E-state index in [-0.39, 0.29) is 0 Å². The maximum Gasteiger partial charge on any atom is 0.149 e. The Morgan fingerprint density at radius 1 is 0.347 bits per heavy atom. The molecular formula is C46H25NO2. The molecule has 3 heterocycles. The number of nitrogens with zero attached hydrogens (tertiary/aromatic N) is 1. The summed E-state index contributed by atoms with van der Waals surface area (Å²) in [6.45, 7) is 0. The molecule has 0 bridgehead atoms. The van der Waals surface area contributed by atoms with Gasteiger partial charge in [-0.1, -0.05) is 121 Å². The molecule has 12 rings (SSSR count). The molecule has 0 saturated heterocycles. The molecule has 11 aromatic rings. The average molecular weight is 624 g/mol. The zero-order chi connectivity index (χ0) is 31.8. The first kappa shape index (κ1) is 25.5. The van der Waals surface area contributed by atoms with Crippen molar-refractivity contribution in [1.82, 2.24) is 4.57 Å². The maximum atomic E-state index is 6.72. The number of fused-ring (bicyclic) bond motifs is 15. The molecule has 0 radical (unpaired) electrons. The minimum Gasteiger partial charge on any atom is -0.455 e. The molecule has 49 heavy (non-hydrogen) atoms. The predicted octanol–water partition coefficient (Wildman–Crippen LogP) is 13.1. The van der Waals surface area contributed by atoms with Crippen molar-refractivity contribution in [1.29, 1.82) is 0 Å². The quantitative estimate of drug-likeness (QED) is 0.192. The van der Waals surface area contributed by atoms with Gasteiger partial charge in [-0.05, 0) is 74.5 Å². The van der Waals surface area contributed by atoms with E-state index >= 15 is 0 Å². The third kappa shape index (κ3) is 3.17. The van der Waals surface area contributed by atoms with E-state index in [1.165, 1.54) is 44.2 Å². The van der Waals surface area contributed by atoms with Crippen LogP contribution in [0.15, 0.2) is 160 Å². The van der Waals surface area contributed by atoms with E-state index in [9.17, 15) is 0 Å². The van der Waals surface area contributed by atoms with Gasteiger partial charge in [-0.25, -0.2) is 0 Å². The van der Waals surface area contributed by atoms with Gasteiger partial charge in [0, 0.05) is 21.8 Å². The summed E-state index contributed by atoms with van der Waals surface area (Å²) in [5.74, 6) is 0. The van der Waals surface area contributed by atoms with Crippen LogP contribution in [0.5, 0.6) is 0 Å². The molecule has 3 heteroatoms. The Bertz CT molecular complexity index is 3150. The lowest BCUT2D eigenvalue weighted by atomic mass is 9.94. The second-order valence-corrected chi connectivity index (χ2v) is 13.2. The Morgan fingerprint density at radius 3 is 1.61 bits per heavy atom. The molecule has 0 aliphatic heterocycles. The van der Waals surface area contributed by atoms with Crippen molar-refractivity contribution < 1.29 is 8.83 Å². The number of rotatable bonds is 2. The summed E-state index contributed by atoms with van der Waals surface area (Å²) in [6.07, 6.45) is 0. The van der Waals surface area contributed by atoms with E-state index in [2.05, 4.69) is 138 Å². The fourth-order valence-electron chi connectivity index (χ4n) is 8.73. The van der Waals surface area contributed by atoms with Gasteiger partial charge in [0.15, 0.2) is 0 Å². The van der Waals surface area contributed by atoms with E-state index in [0.29, 0.717) is 0 Å². The summed E-state index contributed by atoms with van der Waals surface area (Å²) in [4.78, 5) is 0. The van der Waals surface area contributed by atoms with Crippen molar-refractivity contribution in [2.24, 2.45) is 0 Å². The van der Waals surface area contributed by atoms with Gasteiger partial charge in [-0.3, -0.25) is 0 Å². The van der Waals surface area contributed by atoms with Crippen LogP contribution in [0.25, 0.3) is 116 Å². The van der Waals surface area contributed by atoms with Gasteiger partial charge in [0.1, 0.15) is 22.3 Å². The zero-order valence-electron chi connectivity index (χ0n) is 26.2. The third-order valence-electron chi connectivity index (χ3n) is 10.7. The van der Waals surface area contributed by atoms with Crippen molar-refractivity contribution >= 4 is 76.5 Å². The monoisotopic (exact) mass is 623 g/mol. The molecule has 0 saturated carbocycles. The molecule has 0 amide bonds. The number of furan rings is 2. The highest BCUT2D eigenvalue weighted by atomic mass is 16.3. The number of benzene rings is 8. The molecule has 0 N–H and O–H groups in total. The molecule has 8 aromatic carbocycles. The Kier molecular flexibility index (Phi) is 4.72. The standard InChI is InChI=1S/C46H25NO2/c1-2-11-30-29(10-1)32-16-9-15-31-28(24-25-33(30)40(31)32)26-20-22-27(23-21-26)47-37-17-6-3-12-34(37)41-44(47)42-35-13-4-7-18-38(35)48-46(42)43-36-14-5-8-19-39(36)49-45(41)43/h1-25H. The van der Waals surface area contributed by atoms with Gasteiger partial charge < -0.3 is 13.4 Å². The highest BCUT2D eigenvalue weighted by molar-refractivity contribution is 6.37. The van der Waals surface area contributed by atoms with Crippen LogP contribution >= 0.6 is 0 Å². The van der Waals surface area contributed by atoms with Crippen molar-refractivity contribution in [2.45, 2.75) is 0 Å². The van der Waals surface area contributed by atoms with Gasteiger partial charge in [0.25, 0.3) is 0 Å². The fourth-order valence-corrected chi connectivity index (χ4v) is 8.73. The normalized spacial score (nSPS) is 12.5. The van der Waals surface area contributed by atoms with Crippen molar-refractivity contribution in [3.8, 4) is 39.1 Å². The van der Waals surface area contributed by atoms with Gasteiger partial charge in [0.05, 0.1) is 27.2 Å². The van der Waals surface area contributed by atoms with Crippen molar-refractivity contribution in [3.63, 3.8) is 0 Å². The van der Waals surface area contributed by atoms with Crippen LogP contribution in [-0.2, 0) is 0 Å². The Labute approximate surface area is 279 Å². The molecule has 3 nitrogen and oxygen atoms in total. The Morgan fingerprint density at radius 2 is 0.878 bits per heavy atom. The molecule has 0 spiro atoms. The number of hydrogen-bond donors (Lipinski definition) is 0. The van der Waals surface area contributed by atoms with Crippen LogP contribution in [0.3, 0.4) is 0 Å². The average Bonchev–Trinajstić information content (AvgIpc) is 3.91. The van der Waals surface area contributed by atoms with Gasteiger partial charge in [-0.2, -0.15) is 0 Å². The lowest BCUT2D eigenvalue weighted by Gasteiger charge is -2.12. The molecule has 226 valence electrons. The molecule has 0 unspecified atom stereocenters. The minimum atomic E-state index is 0.862. The first-order valence-corrected chi connectivity index (χ1v) is 16.8.